The number of benzene rings is 4. The van der Waals surface area contributed by atoms with Crippen LogP contribution in [0.2, 0.25) is 0 Å². The van der Waals surface area contributed by atoms with E-state index in [-0.39, 0.29) is 30.1 Å². The van der Waals surface area contributed by atoms with E-state index in [1.165, 1.54) is 11.0 Å². The lowest BCUT2D eigenvalue weighted by Crippen LogP contribution is -2.43. The average molecular weight is 519 g/mol. The molecule has 4 aromatic rings. The van der Waals surface area contributed by atoms with Gasteiger partial charge in [0.25, 0.3) is 11.8 Å². The molecule has 0 bridgehead atoms. The Balaban J connectivity index is 1.26. The minimum atomic E-state index is -1.28. The van der Waals surface area contributed by atoms with Crippen molar-refractivity contribution >= 4 is 17.8 Å². The van der Waals surface area contributed by atoms with E-state index in [9.17, 15) is 14.0 Å². The first kappa shape index (κ1) is 24.6. The lowest BCUT2D eigenvalue weighted by Gasteiger charge is -2.29. The number of carbonyl (C=O) groups is 2. The van der Waals surface area contributed by atoms with Gasteiger partial charge >= 0.3 is 0 Å². The number of amides is 2. The van der Waals surface area contributed by atoms with Crippen molar-refractivity contribution in [1.29, 1.82) is 0 Å². The molecule has 0 fully saturated rings. The number of halogens is 1. The molecule has 0 aliphatic carbocycles. The number of rotatable bonds is 5. The van der Waals surface area contributed by atoms with Crippen LogP contribution in [-0.2, 0) is 29.8 Å². The highest BCUT2D eigenvalue weighted by Gasteiger charge is 2.50. The maximum Gasteiger partial charge on any atom is 0.266 e. The van der Waals surface area contributed by atoms with E-state index in [0.29, 0.717) is 25.1 Å². The number of carbonyl (C=O) groups excluding carboxylic acids is 2. The van der Waals surface area contributed by atoms with Gasteiger partial charge in [0, 0.05) is 18.7 Å². The first-order valence-corrected chi connectivity index (χ1v) is 12.9. The van der Waals surface area contributed by atoms with Gasteiger partial charge in [0.1, 0.15) is 5.82 Å². The van der Waals surface area contributed by atoms with Crippen molar-refractivity contribution in [2.24, 2.45) is 10.7 Å². The number of nitrogens with two attached hydrogens (primary N) is 1. The van der Waals surface area contributed by atoms with E-state index in [1.807, 2.05) is 72.8 Å². The first-order valence-electron chi connectivity index (χ1n) is 12.9. The van der Waals surface area contributed by atoms with Crippen LogP contribution in [0.3, 0.4) is 0 Å². The largest absolute Gasteiger partial charge is 0.369 e. The van der Waals surface area contributed by atoms with Gasteiger partial charge in [-0.1, -0.05) is 78.9 Å². The van der Waals surface area contributed by atoms with Crippen molar-refractivity contribution in [1.82, 2.24) is 9.80 Å². The molecule has 2 aliphatic rings. The van der Waals surface area contributed by atoms with Crippen LogP contribution in [0.25, 0.3) is 0 Å². The Morgan fingerprint density at radius 2 is 1.56 bits per heavy atom. The summed E-state index contributed by atoms with van der Waals surface area (Å²) in [5, 5.41) is 0. The smallest absolute Gasteiger partial charge is 0.266 e. The maximum atomic E-state index is 14.1. The zero-order valence-corrected chi connectivity index (χ0v) is 21.3. The van der Waals surface area contributed by atoms with Crippen molar-refractivity contribution in [2.75, 3.05) is 6.54 Å². The SMILES string of the molecule is NC1=NC(c2ccccc2)(c2ccccc2)C(=O)N1Cc1cccc(C(=O)N2CCc3cc(F)ccc3C2)c1. The fourth-order valence-electron chi connectivity index (χ4n) is 5.50. The van der Waals surface area contributed by atoms with Gasteiger partial charge in [-0.3, -0.25) is 14.5 Å². The van der Waals surface area contributed by atoms with Crippen LogP contribution in [-0.4, -0.2) is 34.1 Å². The van der Waals surface area contributed by atoms with E-state index in [2.05, 4.69) is 0 Å². The van der Waals surface area contributed by atoms with Gasteiger partial charge in [-0.2, -0.15) is 0 Å². The molecular formula is C32H27FN4O2. The maximum absolute atomic E-state index is 14.1. The predicted molar refractivity (Wildman–Crippen MR) is 147 cm³/mol. The second-order valence-corrected chi connectivity index (χ2v) is 9.89. The average Bonchev–Trinajstić information content (AvgIpc) is 3.23. The van der Waals surface area contributed by atoms with Crippen molar-refractivity contribution < 1.29 is 14.0 Å². The summed E-state index contributed by atoms with van der Waals surface area (Å²) < 4.78 is 13.6. The Morgan fingerprint density at radius 1 is 0.872 bits per heavy atom. The number of guanidine groups is 1. The number of hydrogen-bond acceptors (Lipinski definition) is 4. The Bertz CT molecular complexity index is 1550. The quantitative estimate of drug-likeness (QED) is 0.419. The van der Waals surface area contributed by atoms with Crippen molar-refractivity contribution in [3.63, 3.8) is 0 Å². The van der Waals surface area contributed by atoms with E-state index in [1.54, 1.807) is 29.2 Å². The molecule has 0 spiro atoms. The van der Waals surface area contributed by atoms with Gasteiger partial charge in [-0.25, -0.2) is 9.38 Å². The number of fused-ring (bicyclic) bond motifs is 1. The fraction of sp³-hybridized carbons (Fsp3) is 0.156. The van der Waals surface area contributed by atoms with Gasteiger partial charge in [0.15, 0.2) is 11.5 Å². The first-order chi connectivity index (χ1) is 19.0. The van der Waals surface area contributed by atoms with Crippen LogP contribution < -0.4 is 5.73 Å². The third kappa shape index (κ3) is 4.36. The minimum Gasteiger partial charge on any atom is -0.369 e. The van der Waals surface area contributed by atoms with Crippen LogP contribution in [0.5, 0.6) is 0 Å². The highest BCUT2D eigenvalue weighted by Crippen LogP contribution is 2.40. The molecule has 194 valence electrons. The van der Waals surface area contributed by atoms with Crippen LogP contribution in [0, 0.1) is 5.82 Å². The third-order valence-corrected chi connectivity index (χ3v) is 7.48. The second kappa shape index (κ2) is 9.83. The predicted octanol–water partition coefficient (Wildman–Crippen LogP) is 4.62. The Morgan fingerprint density at radius 3 is 2.26 bits per heavy atom. The highest BCUT2D eigenvalue weighted by molar-refractivity contribution is 6.09. The van der Waals surface area contributed by atoms with Crippen molar-refractivity contribution in [3.8, 4) is 0 Å². The summed E-state index contributed by atoms with van der Waals surface area (Å²) in [5.74, 6) is -0.480. The molecule has 2 heterocycles. The van der Waals surface area contributed by atoms with Crippen LogP contribution in [0.4, 0.5) is 4.39 Å². The summed E-state index contributed by atoms with van der Waals surface area (Å²) in [6.45, 7) is 1.12. The van der Waals surface area contributed by atoms with Crippen LogP contribution in [0.1, 0.15) is 38.2 Å². The Kier molecular flexibility index (Phi) is 6.19. The molecule has 6 nitrogen and oxygen atoms in total. The van der Waals surface area contributed by atoms with E-state index < -0.39 is 5.54 Å². The molecule has 7 heteroatoms. The van der Waals surface area contributed by atoms with E-state index in [0.717, 1.165) is 27.8 Å². The van der Waals surface area contributed by atoms with Gasteiger partial charge in [-0.05, 0) is 58.5 Å². The molecule has 2 N–H and O–H groups in total. The van der Waals surface area contributed by atoms with Gasteiger partial charge in [0.2, 0.25) is 0 Å². The number of aliphatic imine (C=N–C) groups is 1. The molecule has 2 amide bonds. The summed E-state index contributed by atoms with van der Waals surface area (Å²) in [5.41, 5.74) is 9.78. The minimum absolute atomic E-state index is 0.107. The summed E-state index contributed by atoms with van der Waals surface area (Å²) >= 11 is 0. The molecule has 0 saturated carbocycles. The van der Waals surface area contributed by atoms with E-state index >= 15 is 0 Å². The Labute approximate surface area is 226 Å². The summed E-state index contributed by atoms with van der Waals surface area (Å²) in [6.07, 6.45) is 0.606. The van der Waals surface area contributed by atoms with Crippen LogP contribution >= 0.6 is 0 Å². The molecule has 0 atom stereocenters. The number of hydrogen-bond donors (Lipinski definition) is 1. The molecule has 0 unspecified atom stereocenters. The molecule has 0 saturated heterocycles. The molecule has 4 aromatic carbocycles. The molecule has 0 aromatic heterocycles. The number of nitrogens with zero attached hydrogens (tertiary/aromatic N) is 3. The van der Waals surface area contributed by atoms with Crippen LogP contribution in [0.15, 0.2) is 108 Å². The van der Waals surface area contributed by atoms with Crippen molar-refractivity contribution in [2.45, 2.75) is 25.0 Å². The lowest BCUT2D eigenvalue weighted by molar-refractivity contribution is -0.130. The van der Waals surface area contributed by atoms with Gasteiger partial charge in [-0.15, -0.1) is 0 Å². The third-order valence-electron chi connectivity index (χ3n) is 7.48. The summed E-state index contributed by atoms with van der Waals surface area (Å²) in [7, 11) is 0. The zero-order chi connectivity index (χ0) is 27.0. The molecule has 0 radical (unpaired) electrons. The topological polar surface area (TPSA) is 79.0 Å². The molecular weight excluding hydrogens is 491 g/mol. The second-order valence-electron chi connectivity index (χ2n) is 9.89. The van der Waals surface area contributed by atoms with Crippen molar-refractivity contribution in [3.05, 3.63) is 142 Å². The molecule has 2 aliphatic heterocycles. The standard InChI is InChI=1S/C32H27FN4O2/c33-28-15-14-25-21-36(17-16-23(25)19-28)29(38)24-9-7-8-22(18-24)20-37-30(39)32(35-31(37)34,26-10-3-1-4-11-26)27-12-5-2-6-13-27/h1-15,18-19H,16-17,20-21H2,(H2,34,35). The summed E-state index contributed by atoms with van der Waals surface area (Å²) in [4.78, 5) is 35.5. The van der Waals surface area contributed by atoms with E-state index in [4.69, 9.17) is 10.7 Å². The fourth-order valence-corrected chi connectivity index (χ4v) is 5.50. The molecule has 39 heavy (non-hydrogen) atoms. The van der Waals surface area contributed by atoms with Gasteiger partial charge in [0.05, 0.1) is 6.54 Å². The van der Waals surface area contributed by atoms with Gasteiger partial charge < -0.3 is 10.6 Å². The zero-order valence-electron chi connectivity index (χ0n) is 21.3. The molecule has 6 rings (SSSR count). The summed E-state index contributed by atoms with van der Waals surface area (Å²) in [6, 6.07) is 30.8. The normalized spacial score (nSPS) is 16.1. The Hall–Kier alpha value is -4.78. The lowest BCUT2D eigenvalue weighted by atomic mass is 9.83. The highest BCUT2D eigenvalue weighted by atomic mass is 19.1. The monoisotopic (exact) mass is 518 g/mol.